The Hall–Kier alpha value is -9.00. The molecule has 4 aliphatic carbocycles. The standard InChI is InChI=1S/C29H46N4O2.C17H18N6O.C12H12N4O.C10H14N4O3/c1-6-35-19(3)27-32-30-26(31-33-27)12-7-18(2)23-10-11-24-22-9-8-20-17-21(34)13-15-28(20,4)25(22)14-16-29(23,24)5;1-4-24-13(3)17-21-19-16(20-22-17)10-14-11-18-23(12(14)2)15-8-6-5-7-9-15;1-3-17-9(2)11-13-15-12(16-14-11)10-7-5-4-6-8-10;1-4-17-7(2)10-13-11-8(12-14-10)5-6-9(15)16-3/h18,20-25,34H,3,6-17H2,1-2,4-5H3;5-9,11H,3-4,10H2,1-2H3;4-8H,2-3H2,1H3;2,4-6H2,1,3H3/t18-,20-,21-,22+,23-,24+,25+,28+,29-;;;/m1.../s1. The van der Waals surface area contributed by atoms with Crippen molar-refractivity contribution in [2.75, 3.05) is 33.5 Å². The molecule has 5 aromatic heterocycles. The highest BCUT2D eigenvalue weighted by Crippen LogP contribution is 2.68. The van der Waals surface area contributed by atoms with Crippen LogP contribution in [0.4, 0.5) is 0 Å². The predicted octanol–water partition coefficient (Wildman–Crippen LogP) is 10.5. The van der Waals surface area contributed by atoms with Gasteiger partial charge in [-0.05, 0) is 157 Å². The first-order valence-corrected chi connectivity index (χ1v) is 32.4. The van der Waals surface area contributed by atoms with Crippen LogP contribution in [0.25, 0.3) is 40.1 Å². The Bertz CT molecular complexity index is 3530. The molecule has 1 N–H and O–H groups in total. The molecule has 7 aromatic rings. The summed E-state index contributed by atoms with van der Waals surface area (Å²) in [5.74, 6) is 9.36. The topological polar surface area (TPSA) is 308 Å². The molecule has 2 aromatic carbocycles. The summed E-state index contributed by atoms with van der Waals surface area (Å²) in [5.41, 5.74) is 4.88. The first-order valence-electron chi connectivity index (χ1n) is 32.4. The molecule has 0 amide bonds. The number of nitrogens with zero attached hydrogens (tertiary/aromatic N) is 18. The Morgan fingerprint density at radius 3 is 1.58 bits per heavy atom. The highest BCUT2D eigenvalue weighted by Gasteiger charge is 2.60. The van der Waals surface area contributed by atoms with Crippen molar-refractivity contribution in [1.82, 2.24) is 91.4 Å². The minimum atomic E-state index is -0.323. The van der Waals surface area contributed by atoms with Crippen LogP contribution in [0, 0.1) is 53.3 Å². The van der Waals surface area contributed by atoms with Crippen LogP contribution in [0.5, 0.6) is 0 Å². The largest absolute Gasteiger partial charge is 0.490 e. The fraction of sp³-hybridized carbons (Fsp3) is 0.529. The minimum Gasteiger partial charge on any atom is -0.490 e. The third kappa shape index (κ3) is 18.0. The Morgan fingerprint density at radius 1 is 0.591 bits per heavy atom. The number of methoxy groups -OCH3 is 1. The average molecular weight is 1270 g/mol. The van der Waals surface area contributed by atoms with E-state index in [0.717, 1.165) is 83.6 Å². The molecule has 4 aliphatic rings. The van der Waals surface area contributed by atoms with E-state index in [1.54, 1.807) is 0 Å². The predicted molar refractivity (Wildman–Crippen MR) is 349 cm³/mol. The number of carbonyl (C=O) groups is 1. The van der Waals surface area contributed by atoms with Crippen molar-refractivity contribution in [3.63, 3.8) is 0 Å². The summed E-state index contributed by atoms with van der Waals surface area (Å²) in [7, 11) is 1.33. The van der Waals surface area contributed by atoms with E-state index in [1.807, 2.05) is 106 Å². The number of benzene rings is 2. The summed E-state index contributed by atoms with van der Waals surface area (Å²) in [6.45, 7) is 34.1. The number of carbonyl (C=O) groups excluding carboxylic acids is 1. The first-order chi connectivity index (χ1) is 44.9. The molecule has 4 fully saturated rings. The van der Waals surface area contributed by atoms with Gasteiger partial charge >= 0.3 is 5.97 Å². The van der Waals surface area contributed by atoms with Crippen molar-refractivity contribution in [3.8, 4) is 17.1 Å². The van der Waals surface area contributed by atoms with Crippen LogP contribution in [-0.2, 0) is 47.7 Å². The molecular formula is C68H90N18O7. The number of aromatic nitrogens is 18. The fourth-order valence-corrected chi connectivity index (χ4v) is 14.1. The maximum Gasteiger partial charge on any atom is 0.305 e. The number of ether oxygens (including phenoxy) is 5. The number of aliphatic hydroxyl groups excluding tert-OH is 1. The number of rotatable bonds is 23. The lowest BCUT2D eigenvalue weighted by Gasteiger charge is -2.61. The first kappa shape index (κ1) is 69.9. The summed E-state index contributed by atoms with van der Waals surface area (Å²) < 4.78 is 27.3. The van der Waals surface area contributed by atoms with Crippen molar-refractivity contribution in [1.29, 1.82) is 0 Å². The lowest BCUT2D eigenvalue weighted by molar-refractivity contribution is -0.140. The second-order valence-corrected chi connectivity index (χ2v) is 24.3. The summed E-state index contributed by atoms with van der Waals surface area (Å²) in [6.07, 6.45) is 16.3. The minimum absolute atomic E-state index is 0.0516. The number of aliphatic hydroxyl groups is 1. The molecule has 0 bridgehead atoms. The Labute approximate surface area is 545 Å². The number of hydrogen-bond acceptors (Lipinski definition) is 24. The van der Waals surface area contributed by atoms with Gasteiger partial charge in [0.15, 0.2) is 40.5 Å². The average Bonchev–Trinajstić information content (AvgIpc) is 1.70. The molecule has 11 rings (SSSR count). The lowest BCUT2D eigenvalue weighted by Crippen LogP contribution is -2.54. The number of aryl methyl sites for hydroxylation is 2. The van der Waals surface area contributed by atoms with E-state index in [4.69, 9.17) is 18.9 Å². The van der Waals surface area contributed by atoms with Gasteiger partial charge in [0.1, 0.15) is 0 Å². The van der Waals surface area contributed by atoms with Crippen LogP contribution in [0.1, 0.15) is 171 Å². The normalized spacial score (nSPS) is 21.9. The lowest BCUT2D eigenvalue weighted by atomic mass is 9.44. The molecule has 25 nitrogen and oxygen atoms in total. The zero-order chi connectivity index (χ0) is 66.5. The maximum atomic E-state index is 10.9. The van der Waals surface area contributed by atoms with Crippen LogP contribution < -0.4 is 0 Å². The summed E-state index contributed by atoms with van der Waals surface area (Å²) >= 11 is 0. The molecule has 0 spiro atoms. The zero-order valence-corrected chi connectivity index (χ0v) is 55.4. The van der Waals surface area contributed by atoms with E-state index >= 15 is 0 Å². The number of hydrogen-bond donors (Lipinski definition) is 1. The van der Waals surface area contributed by atoms with Crippen LogP contribution in [0.3, 0.4) is 0 Å². The van der Waals surface area contributed by atoms with Crippen molar-refractivity contribution >= 4 is 29.0 Å². The van der Waals surface area contributed by atoms with Crippen LogP contribution in [0.15, 0.2) is 93.2 Å². The molecule has 93 heavy (non-hydrogen) atoms. The number of esters is 1. The molecular weight excluding hydrogens is 1180 g/mol. The highest BCUT2D eigenvalue weighted by molar-refractivity contribution is 5.69. The van der Waals surface area contributed by atoms with Gasteiger partial charge in [0.25, 0.3) is 0 Å². The third-order valence-corrected chi connectivity index (χ3v) is 18.8. The van der Waals surface area contributed by atoms with Crippen molar-refractivity contribution in [2.45, 2.75) is 151 Å². The molecule has 5 heterocycles. The Kier molecular flexibility index (Phi) is 25.2. The van der Waals surface area contributed by atoms with Gasteiger partial charge in [-0.2, -0.15) is 5.10 Å². The number of para-hydroxylation sites is 1. The van der Waals surface area contributed by atoms with Gasteiger partial charge in [0.2, 0.25) is 29.1 Å². The molecule has 25 heteroatoms. The second kappa shape index (κ2) is 33.5. The van der Waals surface area contributed by atoms with Crippen LogP contribution >= 0.6 is 0 Å². The summed E-state index contributed by atoms with van der Waals surface area (Å²) in [6, 6.07) is 19.5. The third-order valence-electron chi connectivity index (χ3n) is 18.8. The van der Waals surface area contributed by atoms with Crippen molar-refractivity contribution in [2.24, 2.45) is 46.3 Å². The van der Waals surface area contributed by atoms with E-state index in [9.17, 15) is 9.90 Å². The van der Waals surface area contributed by atoms with Gasteiger partial charge in [-0.15, -0.1) is 81.6 Å². The highest BCUT2D eigenvalue weighted by atomic mass is 16.5. The van der Waals surface area contributed by atoms with Gasteiger partial charge in [0, 0.05) is 36.1 Å². The summed E-state index contributed by atoms with van der Waals surface area (Å²) in [5, 5.41) is 79.0. The maximum absolute atomic E-state index is 10.9. The number of fused-ring (bicyclic) bond motifs is 5. The molecule has 494 valence electrons. The Morgan fingerprint density at radius 2 is 1.06 bits per heavy atom. The summed E-state index contributed by atoms with van der Waals surface area (Å²) in [4.78, 5) is 10.9. The van der Waals surface area contributed by atoms with E-state index in [2.05, 4.69) is 139 Å². The molecule has 0 aliphatic heterocycles. The van der Waals surface area contributed by atoms with E-state index in [1.165, 1.54) is 52.1 Å². The van der Waals surface area contributed by atoms with Gasteiger partial charge in [-0.3, -0.25) is 4.79 Å². The van der Waals surface area contributed by atoms with Crippen molar-refractivity contribution in [3.05, 3.63) is 145 Å². The van der Waals surface area contributed by atoms with Gasteiger partial charge in [-0.1, -0.05) is 95.6 Å². The molecule has 0 radical (unpaired) electrons. The quantitative estimate of drug-likeness (QED) is 0.0459. The van der Waals surface area contributed by atoms with Crippen LogP contribution in [-0.4, -0.2) is 142 Å². The van der Waals surface area contributed by atoms with E-state index in [-0.39, 0.29) is 24.3 Å². The second-order valence-electron chi connectivity index (χ2n) is 24.3. The van der Waals surface area contributed by atoms with E-state index < -0.39 is 0 Å². The smallest absolute Gasteiger partial charge is 0.305 e. The van der Waals surface area contributed by atoms with Gasteiger partial charge in [-0.25, -0.2) is 4.68 Å². The molecule has 9 atom stereocenters. The molecule has 0 unspecified atom stereocenters. The van der Waals surface area contributed by atoms with E-state index in [0.29, 0.717) is 114 Å². The fourth-order valence-electron chi connectivity index (χ4n) is 14.1. The monoisotopic (exact) mass is 1270 g/mol. The molecule has 0 saturated heterocycles. The van der Waals surface area contributed by atoms with Crippen molar-refractivity contribution < 1.29 is 33.6 Å². The Balaban J connectivity index is 0.000000168. The van der Waals surface area contributed by atoms with Gasteiger partial charge in [0.05, 0.1) is 57.9 Å². The van der Waals surface area contributed by atoms with Crippen LogP contribution in [0.2, 0.25) is 0 Å². The molecule has 4 saturated carbocycles. The van der Waals surface area contributed by atoms with Gasteiger partial charge < -0.3 is 28.8 Å². The zero-order valence-electron chi connectivity index (χ0n) is 55.4. The SMILES string of the molecule is C=C(OCC)c1nnc(-c2ccccc2)nn1.C=C(OCC)c1nnc(CCC(=O)OC)nn1.C=C(OCC)c1nnc(CC[C@@H](C)[C@H]2CC[C@H]3[C@@H]4CC[C@@H]5C[C@H](O)CC[C@]5(C)[C@H]4CC[C@]23C)nn1.C=C(OCC)c1nnc(Cc2cnn(-c3ccccc3)c2C)nn1.